The van der Waals surface area contributed by atoms with Crippen molar-refractivity contribution >= 4 is 27.4 Å². The first-order valence-corrected chi connectivity index (χ1v) is 8.96. The van der Waals surface area contributed by atoms with E-state index in [0.29, 0.717) is 0 Å². The first-order chi connectivity index (χ1) is 11.8. The second-order valence-corrected chi connectivity index (χ2v) is 7.83. The maximum Gasteiger partial charge on any atom is 0.134 e. The molecule has 0 saturated carbocycles. The average Bonchev–Trinajstić information content (AvgIpc) is 2.56. The van der Waals surface area contributed by atoms with Gasteiger partial charge in [0.1, 0.15) is 16.2 Å². The first kappa shape index (κ1) is 17.5. The molecule has 0 bridgehead atoms. The lowest BCUT2D eigenvalue weighted by molar-refractivity contribution is 0.546. The highest BCUT2D eigenvalue weighted by atomic mass is 79.9. The molecular weight excluding hydrogens is 376 g/mol. The van der Waals surface area contributed by atoms with Gasteiger partial charge in [-0.2, -0.15) is 0 Å². The molecule has 0 atom stereocenters. The van der Waals surface area contributed by atoms with Crippen LogP contribution in [0, 0.1) is 6.92 Å². The fourth-order valence-corrected chi connectivity index (χ4v) is 2.76. The van der Waals surface area contributed by atoms with Gasteiger partial charge < -0.3 is 5.32 Å². The third-order valence-electron chi connectivity index (χ3n) is 3.84. The zero-order valence-electron chi connectivity index (χ0n) is 14.8. The number of anilines is 2. The monoisotopic (exact) mass is 396 g/mol. The van der Waals surface area contributed by atoms with E-state index < -0.39 is 0 Å². The van der Waals surface area contributed by atoms with Crippen LogP contribution in [0.2, 0.25) is 0 Å². The SMILES string of the molecule is Cc1ccc(-c2ccnc(C(C)(C)C)n2)cc1Nc1cccc(Br)n1. The Morgan fingerprint density at radius 1 is 1.00 bits per heavy atom. The molecule has 0 aliphatic heterocycles. The summed E-state index contributed by atoms with van der Waals surface area (Å²) in [4.78, 5) is 13.6. The van der Waals surface area contributed by atoms with Crippen molar-refractivity contribution in [2.45, 2.75) is 33.1 Å². The molecule has 3 aromatic rings. The topological polar surface area (TPSA) is 50.7 Å². The van der Waals surface area contributed by atoms with Gasteiger partial charge in [-0.05, 0) is 52.7 Å². The Hall–Kier alpha value is -2.27. The number of aromatic nitrogens is 3. The van der Waals surface area contributed by atoms with Gasteiger partial charge >= 0.3 is 0 Å². The highest BCUT2D eigenvalue weighted by Gasteiger charge is 2.17. The van der Waals surface area contributed by atoms with Gasteiger partial charge in [-0.3, -0.25) is 0 Å². The standard InChI is InChI=1S/C20H21BrN4/c1-13-8-9-14(15-10-11-22-19(24-15)20(2,3)4)12-16(13)23-18-7-5-6-17(21)25-18/h5-12H,1-4H3,(H,23,25). The molecule has 0 unspecified atom stereocenters. The number of aryl methyl sites for hydroxylation is 1. The van der Waals surface area contributed by atoms with E-state index in [2.05, 4.69) is 77.1 Å². The van der Waals surface area contributed by atoms with E-state index in [1.165, 1.54) is 0 Å². The van der Waals surface area contributed by atoms with Crippen LogP contribution in [0.1, 0.15) is 32.2 Å². The summed E-state index contributed by atoms with van der Waals surface area (Å²) in [5.74, 6) is 1.64. The number of pyridine rings is 1. The number of benzene rings is 1. The van der Waals surface area contributed by atoms with E-state index in [4.69, 9.17) is 4.98 Å². The Kier molecular flexibility index (Phi) is 4.86. The quantitative estimate of drug-likeness (QED) is 0.580. The van der Waals surface area contributed by atoms with Crippen molar-refractivity contribution in [1.82, 2.24) is 15.0 Å². The number of nitrogens with one attached hydrogen (secondary N) is 1. The predicted octanol–water partition coefficient (Wildman–Crippen LogP) is 5.65. The Balaban J connectivity index is 1.97. The van der Waals surface area contributed by atoms with Gasteiger partial charge in [-0.15, -0.1) is 0 Å². The highest BCUT2D eigenvalue weighted by Crippen LogP contribution is 2.28. The van der Waals surface area contributed by atoms with E-state index in [1.54, 1.807) is 0 Å². The molecule has 0 aliphatic carbocycles. The molecule has 0 amide bonds. The van der Waals surface area contributed by atoms with Gasteiger partial charge in [-0.25, -0.2) is 15.0 Å². The molecule has 0 radical (unpaired) electrons. The van der Waals surface area contributed by atoms with Crippen LogP contribution < -0.4 is 5.32 Å². The van der Waals surface area contributed by atoms with Gasteiger partial charge in [0.25, 0.3) is 0 Å². The van der Waals surface area contributed by atoms with Crippen molar-refractivity contribution in [3.05, 3.63) is 64.7 Å². The van der Waals surface area contributed by atoms with E-state index in [9.17, 15) is 0 Å². The van der Waals surface area contributed by atoms with Gasteiger partial charge in [0, 0.05) is 22.9 Å². The molecule has 0 aliphatic rings. The van der Waals surface area contributed by atoms with Crippen molar-refractivity contribution < 1.29 is 0 Å². The van der Waals surface area contributed by atoms with Crippen LogP contribution in [0.5, 0.6) is 0 Å². The third kappa shape index (κ3) is 4.23. The maximum absolute atomic E-state index is 4.74. The van der Waals surface area contributed by atoms with Crippen LogP contribution in [0.3, 0.4) is 0 Å². The van der Waals surface area contributed by atoms with Crippen LogP contribution in [0.4, 0.5) is 11.5 Å². The maximum atomic E-state index is 4.74. The zero-order chi connectivity index (χ0) is 18.0. The number of hydrogen-bond donors (Lipinski definition) is 1. The molecule has 4 nitrogen and oxygen atoms in total. The molecule has 0 fully saturated rings. The second-order valence-electron chi connectivity index (χ2n) is 7.02. The number of halogens is 1. The van der Waals surface area contributed by atoms with Crippen LogP contribution in [-0.2, 0) is 5.41 Å². The molecule has 5 heteroatoms. The summed E-state index contributed by atoms with van der Waals surface area (Å²) in [5.41, 5.74) is 4.05. The van der Waals surface area contributed by atoms with Gasteiger partial charge in [-0.1, -0.05) is 39.0 Å². The Morgan fingerprint density at radius 3 is 2.52 bits per heavy atom. The largest absolute Gasteiger partial charge is 0.340 e. The van der Waals surface area contributed by atoms with Gasteiger partial charge in [0.15, 0.2) is 0 Å². The fourth-order valence-electron chi connectivity index (χ4n) is 2.41. The molecule has 0 spiro atoms. The van der Waals surface area contributed by atoms with Gasteiger partial charge in [0.2, 0.25) is 0 Å². The van der Waals surface area contributed by atoms with Gasteiger partial charge in [0.05, 0.1) is 5.69 Å². The number of rotatable bonds is 3. The number of nitrogens with zero attached hydrogens (tertiary/aromatic N) is 3. The second kappa shape index (κ2) is 6.92. The van der Waals surface area contributed by atoms with Crippen LogP contribution in [0.25, 0.3) is 11.3 Å². The minimum Gasteiger partial charge on any atom is -0.340 e. The summed E-state index contributed by atoms with van der Waals surface area (Å²) in [6.45, 7) is 8.43. The summed E-state index contributed by atoms with van der Waals surface area (Å²) in [6, 6.07) is 14.0. The summed E-state index contributed by atoms with van der Waals surface area (Å²) in [5, 5.41) is 3.38. The predicted molar refractivity (Wildman–Crippen MR) is 106 cm³/mol. The molecule has 1 N–H and O–H groups in total. The molecule has 25 heavy (non-hydrogen) atoms. The van der Waals surface area contributed by atoms with E-state index in [1.807, 2.05) is 30.5 Å². The molecular formula is C20H21BrN4. The molecule has 0 saturated heterocycles. The first-order valence-electron chi connectivity index (χ1n) is 8.17. The van der Waals surface area contributed by atoms with Crippen LogP contribution >= 0.6 is 15.9 Å². The number of hydrogen-bond acceptors (Lipinski definition) is 4. The molecule has 2 heterocycles. The lowest BCUT2D eigenvalue weighted by Crippen LogP contribution is -2.15. The summed E-state index contributed by atoms with van der Waals surface area (Å²) >= 11 is 3.40. The molecule has 3 rings (SSSR count). The van der Waals surface area contributed by atoms with Crippen molar-refractivity contribution in [3.8, 4) is 11.3 Å². The van der Waals surface area contributed by atoms with Crippen molar-refractivity contribution in [2.75, 3.05) is 5.32 Å². The molecule has 1 aromatic carbocycles. The van der Waals surface area contributed by atoms with Crippen LogP contribution in [0.15, 0.2) is 53.3 Å². The van der Waals surface area contributed by atoms with Crippen molar-refractivity contribution in [1.29, 1.82) is 0 Å². The molecule has 128 valence electrons. The third-order valence-corrected chi connectivity index (χ3v) is 4.28. The Bertz CT molecular complexity index is 900. The van der Waals surface area contributed by atoms with E-state index in [0.717, 1.165) is 38.8 Å². The summed E-state index contributed by atoms with van der Waals surface area (Å²) in [7, 11) is 0. The smallest absolute Gasteiger partial charge is 0.134 e. The normalized spacial score (nSPS) is 11.4. The summed E-state index contributed by atoms with van der Waals surface area (Å²) in [6.07, 6.45) is 1.83. The fraction of sp³-hybridized carbons (Fsp3) is 0.250. The Morgan fingerprint density at radius 2 is 1.80 bits per heavy atom. The minimum absolute atomic E-state index is 0.0813. The minimum atomic E-state index is -0.0813. The van der Waals surface area contributed by atoms with Crippen LogP contribution in [-0.4, -0.2) is 15.0 Å². The lowest BCUT2D eigenvalue weighted by atomic mass is 9.95. The highest BCUT2D eigenvalue weighted by molar-refractivity contribution is 9.10. The average molecular weight is 397 g/mol. The van der Waals surface area contributed by atoms with Crippen molar-refractivity contribution in [2.24, 2.45) is 0 Å². The van der Waals surface area contributed by atoms with Crippen molar-refractivity contribution in [3.63, 3.8) is 0 Å². The Labute approximate surface area is 156 Å². The lowest BCUT2D eigenvalue weighted by Gasteiger charge is -2.17. The zero-order valence-corrected chi connectivity index (χ0v) is 16.4. The molecule has 2 aromatic heterocycles. The van der Waals surface area contributed by atoms with E-state index in [-0.39, 0.29) is 5.41 Å². The summed E-state index contributed by atoms with van der Waals surface area (Å²) < 4.78 is 0.803. The van der Waals surface area contributed by atoms with E-state index >= 15 is 0 Å².